The maximum absolute atomic E-state index is 4.68. The summed E-state index contributed by atoms with van der Waals surface area (Å²) in [5.41, 5.74) is 10.3. The van der Waals surface area contributed by atoms with E-state index in [4.69, 9.17) is 0 Å². The summed E-state index contributed by atoms with van der Waals surface area (Å²) in [6, 6.07) is 50.3. The molecular formula is C41H33N4Pt-3. The smallest absolute Gasteiger partial charge is 0.135 e. The number of hydrogen-bond donors (Lipinski definition) is 0. The molecule has 0 bridgehead atoms. The Bertz CT molecular complexity index is 2160. The molecule has 0 unspecified atom stereocenters. The molecule has 0 atom stereocenters. The molecule has 1 aliphatic heterocycles. The van der Waals surface area contributed by atoms with Crippen LogP contribution in [-0.2, 0) is 32.9 Å². The van der Waals surface area contributed by atoms with Crippen molar-refractivity contribution in [2.75, 3.05) is 9.80 Å². The summed E-state index contributed by atoms with van der Waals surface area (Å²) in [5, 5.41) is 2.38. The van der Waals surface area contributed by atoms with Crippen molar-refractivity contribution in [1.29, 1.82) is 0 Å². The Morgan fingerprint density at radius 2 is 1.37 bits per heavy atom. The van der Waals surface area contributed by atoms with Crippen LogP contribution in [0.2, 0.25) is 0 Å². The second-order valence-corrected chi connectivity index (χ2v) is 12.7. The molecule has 3 heterocycles. The first-order valence-electron chi connectivity index (χ1n) is 15.4. The summed E-state index contributed by atoms with van der Waals surface area (Å²) in [4.78, 5) is 9.18. The van der Waals surface area contributed by atoms with Gasteiger partial charge in [-0.1, -0.05) is 74.8 Å². The maximum atomic E-state index is 4.68. The van der Waals surface area contributed by atoms with E-state index in [1.165, 1.54) is 16.3 Å². The zero-order chi connectivity index (χ0) is 30.5. The zero-order valence-corrected chi connectivity index (χ0v) is 28.3. The van der Waals surface area contributed by atoms with E-state index in [1.54, 1.807) is 0 Å². The van der Waals surface area contributed by atoms with Gasteiger partial charge < -0.3 is 14.4 Å². The predicted octanol–water partition coefficient (Wildman–Crippen LogP) is 10.1. The number of nitrogens with zero attached hydrogens (tertiary/aromatic N) is 4. The number of hydrogen-bond acceptors (Lipinski definition) is 3. The topological polar surface area (TPSA) is 24.3 Å². The minimum absolute atomic E-state index is 0. The number of pyridine rings is 1. The number of fused-ring (bicyclic) bond motifs is 4. The van der Waals surface area contributed by atoms with Crippen LogP contribution < -0.4 is 9.80 Å². The Morgan fingerprint density at radius 1 is 0.652 bits per heavy atom. The molecule has 8 rings (SSSR count). The van der Waals surface area contributed by atoms with Crippen LogP contribution in [0.1, 0.15) is 37.5 Å². The van der Waals surface area contributed by atoms with Crippen molar-refractivity contribution in [2.45, 2.75) is 32.6 Å². The van der Waals surface area contributed by atoms with Crippen molar-refractivity contribution in [3.63, 3.8) is 0 Å². The van der Waals surface area contributed by atoms with Crippen molar-refractivity contribution in [3.05, 3.63) is 163 Å². The fourth-order valence-corrected chi connectivity index (χ4v) is 6.34. The van der Waals surface area contributed by atoms with E-state index in [9.17, 15) is 0 Å². The van der Waals surface area contributed by atoms with Gasteiger partial charge in [0.2, 0.25) is 0 Å². The predicted molar refractivity (Wildman–Crippen MR) is 186 cm³/mol. The monoisotopic (exact) mass is 776 g/mol. The van der Waals surface area contributed by atoms with E-state index in [0.717, 1.165) is 57.1 Å². The quantitative estimate of drug-likeness (QED) is 0.163. The molecule has 0 spiro atoms. The third kappa shape index (κ3) is 5.31. The first-order chi connectivity index (χ1) is 21.9. The fraction of sp³-hybridized carbons (Fsp3) is 0.122. The molecule has 5 aromatic carbocycles. The second-order valence-electron chi connectivity index (χ2n) is 12.7. The van der Waals surface area contributed by atoms with Gasteiger partial charge >= 0.3 is 0 Å². The van der Waals surface area contributed by atoms with Crippen LogP contribution in [0.5, 0.6) is 0 Å². The van der Waals surface area contributed by atoms with E-state index in [0.29, 0.717) is 0 Å². The molecule has 4 nitrogen and oxygen atoms in total. The molecule has 230 valence electrons. The Balaban J connectivity index is 0.00000338. The number of aromatic nitrogens is 2. The molecule has 0 saturated carbocycles. The van der Waals surface area contributed by atoms with Crippen LogP contribution in [0.15, 0.2) is 128 Å². The SMILES string of the molecule is CC(C)(C)c1ccc(N2[CH-]N(c3[c-]c(Cc4[c-]c5c(cc4)c4ccccc4n5-c4ccccn4)ccc3)c3ccccc32)cc1.[Pt]. The number of benzene rings is 5. The molecular weight excluding hydrogens is 744 g/mol. The minimum atomic E-state index is 0. The third-order valence-corrected chi connectivity index (χ3v) is 8.65. The van der Waals surface area contributed by atoms with Gasteiger partial charge in [-0.25, -0.2) is 4.98 Å². The standard InChI is InChI=1S/C41H33N4.Pt/c1-41(2,3)31-19-21-32(22-20-31)43-28-44(38-16-7-6-15-37(38)43)33-12-10-11-29(26-33)25-30-18-23-35-34-13-4-5-14-36(34)45(39(35)27-30)40-17-8-9-24-42-40;/h4-24,28H,25H2,1-3H3;/q-3;. The molecule has 5 heteroatoms. The molecule has 0 amide bonds. The minimum Gasteiger partial charge on any atom is -0.493 e. The molecule has 1 aliphatic rings. The summed E-state index contributed by atoms with van der Waals surface area (Å²) >= 11 is 0. The summed E-state index contributed by atoms with van der Waals surface area (Å²) < 4.78 is 2.22. The van der Waals surface area contributed by atoms with Gasteiger partial charge in [-0.05, 0) is 65.3 Å². The van der Waals surface area contributed by atoms with Crippen LogP contribution >= 0.6 is 0 Å². The van der Waals surface area contributed by atoms with Crippen LogP contribution in [0.25, 0.3) is 27.6 Å². The fourth-order valence-electron chi connectivity index (χ4n) is 6.34. The molecule has 46 heavy (non-hydrogen) atoms. The Hall–Kier alpha value is -4.66. The van der Waals surface area contributed by atoms with Crippen molar-refractivity contribution < 1.29 is 21.1 Å². The van der Waals surface area contributed by atoms with Gasteiger partial charge in [0.1, 0.15) is 5.82 Å². The zero-order valence-electron chi connectivity index (χ0n) is 26.0. The second kappa shape index (κ2) is 11.9. The Morgan fingerprint density at radius 3 is 2.13 bits per heavy atom. The van der Waals surface area contributed by atoms with E-state index >= 15 is 0 Å². The van der Waals surface area contributed by atoms with Crippen molar-refractivity contribution >= 4 is 44.6 Å². The van der Waals surface area contributed by atoms with Gasteiger partial charge in [0.05, 0.1) is 0 Å². The summed E-state index contributed by atoms with van der Waals surface area (Å²) in [5.74, 6) is 0.895. The molecule has 0 aliphatic carbocycles. The van der Waals surface area contributed by atoms with E-state index < -0.39 is 0 Å². The number of anilines is 4. The summed E-state index contributed by atoms with van der Waals surface area (Å²) in [6.45, 7) is 8.93. The van der Waals surface area contributed by atoms with Gasteiger partial charge in [0.15, 0.2) is 0 Å². The van der Waals surface area contributed by atoms with E-state index in [-0.39, 0.29) is 26.5 Å². The molecule has 7 aromatic rings. The summed E-state index contributed by atoms with van der Waals surface area (Å²) in [7, 11) is 0. The molecule has 0 radical (unpaired) electrons. The maximum Gasteiger partial charge on any atom is 0.135 e. The van der Waals surface area contributed by atoms with Crippen LogP contribution in [0.3, 0.4) is 0 Å². The van der Waals surface area contributed by atoms with Gasteiger partial charge in [-0.15, -0.1) is 17.7 Å². The Kier molecular flexibility index (Phi) is 7.78. The van der Waals surface area contributed by atoms with Crippen molar-refractivity contribution in [2.24, 2.45) is 0 Å². The summed E-state index contributed by atoms with van der Waals surface area (Å²) in [6.07, 6.45) is 2.57. The van der Waals surface area contributed by atoms with Crippen LogP contribution in [0, 0.1) is 18.8 Å². The average molecular weight is 777 g/mol. The van der Waals surface area contributed by atoms with Crippen molar-refractivity contribution in [3.8, 4) is 5.82 Å². The Labute approximate surface area is 285 Å². The van der Waals surface area contributed by atoms with E-state index in [2.05, 4.69) is 168 Å². The van der Waals surface area contributed by atoms with E-state index in [1.807, 2.05) is 18.3 Å². The molecule has 0 saturated heterocycles. The van der Waals surface area contributed by atoms with Gasteiger partial charge in [0.25, 0.3) is 0 Å². The van der Waals surface area contributed by atoms with Crippen LogP contribution in [-0.4, -0.2) is 9.55 Å². The van der Waals surface area contributed by atoms with Gasteiger partial charge in [-0.2, -0.15) is 53.6 Å². The number of para-hydroxylation sites is 3. The molecule has 0 N–H and O–H groups in total. The van der Waals surface area contributed by atoms with Crippen molar-refractivity contribution in [1.82, 2.24) is 9.55 Å². The van der Waals surface area contributed by atoms with Crippen LogP contribution in [0.4, 0.5) is 22.7 Å². The first-order valence-corrected chi connectivity index (χ1v) is 15.4. The normalized spacial score (nSPS) is 12.8. The van der Waals surface area contributed by atoms with Gasteiger partial charge in [-0.3, -0.25) is 0 Å². The number of rotatable bonds is 5. The largest absolute Gasteiger partial charge is 0.493 e. The third-order valence-electron chi connectivity index (χ3n) is 8.65. The molecule has 2 aromatic heterocycles. The first kappa shape index (κ1) is 30.0. The molecule has 0 fully saturated rings. The van der Waals surface area contributed by atoms with Gasteiger partial charge in [0, 0.05) is 49.8 Å². The average Bonchev–Trinajstić information content (AvgIpc) is 3.61.